The molecule has 1 amide bonds. The molecule has 2 aromatic heterocycles. The Morgan fingerprint density at radius 3 is 2.83 bits per heavy atom. The van der Waals surface area contributed by atoms with Crippen molar-refractivity contribution >= 4 is 38.4 Å². The van der Waals surface area contributed by atoms with Crippen LogP contribution in [0.2, 0.25) is 0 Å². The summed E-state index contributed by atoms with van der Waals surface area (Å²) in [6, 6.07) is 17.2. The lowest BCUT2D eigenvalue weighted by atomic mass is 10.2. The van der Waals surface area contributed by atoms with Gasteiger partial charge in [-0.05, 0) is 24.3 Å². The molecule has 2 heterocycles. The molecular weight excluding hydrogens is 320 g/mol. The third-order valence-corrected chi connectivity index (χ3v) is 4.79. The molecule has 0 aliphatic rings. The number of para-hydroxylation sites is 2. The van der Waals surface area contributed by atoms with Crippen LogP contribution in [-0.2, 0) is 6.54 Å². The molecule has 2 aromatic carbocycles. The van der Waals surface area contributed by atoms with Gasteiger partial charge in [-0.15, -0.1) is 6.58 Å². The zero-order valence-corrected chi connectivity index (χ0v) is 13.6. The van der Waals surface area contributed by atoms with Crippen molar-refractivity contribution < 1.29 is 9.21 Å². The molecule has 0 N–H and O–H groups in total. The summed E-state index contributed by atoms with van der Waals surface area (Å²) < 4.78 is 8.67. The van der Waals surface area contributed by atoms with E-state index in [1.165, 1.54) is 11.3 Å². The number of hydrogen-bond donors (Lipinski definition) is 0. The third kappa shape index (κ3) is 2.49. The molecule has 4 aromatic rings. The molecule has 118 valence electrons. The van der Waals surface area contributed by atoms with Crippen molar-refractivity contribution in [3.05, 3.63) is 77.8 Å². The number of allylic oxidation sites excluding steroid dienone is 1. The van der Waals surface area contributed by atoms with Gasteiger partial charge >= 0.3 is 5.91 Å². The number of carbonyl (C=O) groups is 1. The Balaban J connectivity index is 1.84. The van der Waals surface area contributed by atoms with Gasteiger partial charge in [0.25, 0.3) is 0 Å². The van der Waals surface area contributed by atoms with Crippen LogP contribution in [0.5, 0.6) is 0 Å². The first-order chi connectivity index (χ1) is 11.8. The van der Waals surface area contributed by atoms with Gasteiger partial charge in [0, 0.05) is 11.9 Å². The van der Waals surface area contributed by atoms with E-state index in [0.29, 0.717) is 16.9 Å². The maximum atomic E-state index is 12.5. The SMILES string of the molecule is C=CCn1c(=NC(=O)c2cc3ccccc3o2)sc2ccccc21. The Kier molecular flexibility index (Phi) is 3.63. The fourth-order valence-electron chi connectivity index (χ4n) is 2.64. The second-order valence-corrected chi connectivity index (χ2v) is 6.33. The summed E-state index contributed by atoms with van der Waals surface area (Å²) in [4.78, 5) is 17.4. The summed E-state index contributed by atoms with van der Waals surface area (Å²) in [5.74, 6) is -0.130. The minimum atomic E-state index is -0.379. The number of rotatable bonds is 3. The van der Waals surface area contributed by atoms with Gasteiger partial charge in [0.1, 0.15) is 5.58 Å². The van der Waals surface area contributed by atoms with Crippen molar-refractivity contribution in [1.29, 1.82) is 0 Å². The Labute approximate surface area is 142 Å². The number of amides is 1. The van der Waals surface area contributed by atoms with Gasteiger partial charge in [-0.1, -0.05) is 47.7 Å². The molecule has 0 saturated heterocycles. The molecule has 0 aliphatic heterocycles. The normalized spacial score (nSPS) is 12.1. The highest BCUT2D eigenvalue weighted by molar-refractivity contribution is 7.16. The fraction of sp³-hybridized carbons (Fsp3) is 0.0526. The molecule has 0 spiro atoms. The number of aromatic nitrogens is 1. The molecule has 0 radical (unpaired) electrons. The van der Waals surface area contributed by atoms with E-state index < -0.39 is 0 Å². The van der Waals surface area contributed by atoms with Crippen LogP contribution >= 0.6 is 11.3 Å². The molecule has 0 fully saturated rings. The minimum Gasteiger partial charge on any atom is -0.451 e. The Morgan fingerprint density at radius 1 is 1.21 bits per heavy atom. The molecule has 4 nitrogen and oxygen atoms in total. The topological polar surface area (TPSA) is 47.5 Å². The Morgan fingerprint density at radius 2 is 2.00 bits per heavy atom. The second-order valence-electron chi connectivity index (χ2n) is 5.32. The van der Waals surface area contributed by atoms with Crippen LogP contribution in [0.4, 0.5) is 0 Å². The van der Waals surface area contributed by atoms with Gasteiger partial charge in [0.15, 0.2) is 10.6 Å². The number of hydrogen-bond acceptors (Lipinski definition) is 3. The average molecular weight is 334 g/mol. The molecule has 0 saturated carbocycles. The molecule has 0 bridgehead atoms. The van der Waals surface area contributed by atoms with E-state index in [2.05, 4.69) is 11.6 Å². The molecular formula is C19H14N2O2S. The van der Waals surface area contributed by atoms with E-state index in [1.54, 1.807) is 12.1 Å². The molecule has 4 rings (SSSR count). The van der Waals surface area contributed by atoms with E-state index in [9.17, 15) is 4.79 Å². The van der Waals surface area contributed by atoms with Crippen molar-refractivity contribution in [2.75, 3.05) is 0 Å². The summed E-state index contributed by atoms with van der Waals surface area (Å²) >= 11 is 1.48. The van der Waals surface area contributed by atoms with Gasteiger partial charge in [-0.3, -0.25) is 4.79 Å². The highest BCUT2D eigenvalue weighted by Gasteiger charge is 2.12. The highest BCUT2D eigenvalue weighted by Crippen LogP contribution is 2.20. The maximum Gasteiger partial charge on any atom is 0.315 e. The second kappa shape index (κ2) is 5.94. The van der Waals surface area contributed by atoms with Crippen LogP contribution in [0.3, 0.4) is 0 Å². The summed E-state index contributed by atoms with van der Waals surface area (Å²) in [6.45, 7) is 4.38. The van der Waals surface area contributed by atoms with Gasteiger partial charge in [0.05, 0.1) is 10.2 Å². The quantitative estimate of drug-likeness (QED) is 0.522. The molecule has 0 unspecified atom stereocenters. The van der Waals surface area contributed by atoms with Gasteiger partial charge < -0.3 is 8.98 Å². The predicted molar refractivity (Wildman–Crippen MR) is 96.1 cm³/mol. The number of furan rings is 1. The minimum absolute atomic E-state index is 0.249. The maximum absolute atomic E-state index is 12.5. The van der Waals surface area contributed by atoms with Crippen molar-refractivity contribution in [1.82, 2.24) is 4.57 Å². The summed E-state index contributed by atoms with van der Waals surface area (Å²) in [6.07, 6.45) is 1.80. The van der Waals surface area contributed by atoms with Gasteiger partial charge in [-0.2, -0.15) is 4.99 Å². The summed E-state index contributed by atoms with van der Waals surface area (Å²) in [5, 5.41) is 0.895. The summed E-state index contributed by atoms with van der Waals surface area (Å²) in [5.41, 5.74) is 1.73. The molecule has 5 heteroatoms. The lowest BCUT2D eigenvalue weighted by molar-refractivity contribution is 0.0973. The van der Waals surface area contributed by atoms with Crippen molar-refractivity contribution in [3.8, 4) is 0 Å². The summed E-state index contributed by atoms with van der Waals surface area (Å²) in [7, 11) is 0. The number of benzene rings is 2. The first-order valence-electron chi connectivity index (χ1n) is 7.53. The van der Waals surface area contributed by atoms with Crippen molar-refractivity contribution in [2.45, 2.75) is 6.54 Å². The predicted octanol–water partition coefficient (Wildman–Crippen LogP) is 4.38. The largest absolute Gasteiger partial charge is 0.451 e. The van der Waals surface area contributed by atoms with Crippen LogP contribution in [0.1, 0.15) is 10.6 Å². The van der Waals surface area contributed by atoms with E-state index in [0.717, 1.165) is 15.6 Å². The van der Waals surface area contributed by atoms with E-state index in [1.807, 2.05) is 53.1 Å². The Hall–Kier alpha value is -2.92. The van der Waals surface area contributed by atoms with Gasteiger partial charge in [-0.25, -0.2) is 0 Å². The number of thiazole rings is 1. The molecule has 0 atom stereocenters. The van der Waals surface area contributed by atoms with Crippen LogP contribution in [0, 0.1) is 0 Å². The van der Waals surface area contributed by atoms with Gasteiger partial charge in [0.2, 0.25) is 0 Å². The third-order valence-electron chi connectivity index (χ3n) is 3.73. The zero-order chi connectivity index (χ0) is 16.5. The van der Waals surface area contributed by atoms with Crippen LogP contribution in [0.15, 0.2) is 76.7 Å². The van der Waals surface area contributed by atoms with Crippen LogP contribution < -0.4 is 4.80 Å². The number of carbonyl (C=O) groups excluding carboxylic acids is 1. The van der Waals surface area contributed by atoms with Crippen LogP contribution in [-0.4, -0.2) is 10.5 Å². The highest BCUT2D eigenvalue weighted by atomic mass is 32.1. The van der Waals surface area contributed by atoms with E-state index in [-0.39, 0.29) is 11.7 Å². The van der Waals surface area contributed by atoms with E-state index in [4.69, 9.17) is 4.42 Å². The smallest absolute Gasteiger partial charge is 0.315 e. The average Bonchev–Trinajstić information content (AvgIpc) is 3.17. The monoisotopic (exact) mass is 334 g/mol. The van der Waals surface area contributed by atoms with Crippen molar-refractivity contribution in [3.63, 3.8) is 0 Å². The first-order valence-corrected chi connectivity index (χ1v) is 8.35. The number of nitrogens with zero attached hydrogens (tertiary/aromatic N) is 2. The van der Waals surface area contributed by atoms with Crippen LogP contribution in [0.25, 0.3) is 21.2 Å². The fourth-order valence-corrected chi connectivity index (χ4v) is 3.68. The first kappa shape index (κ1) is 14.7. The zero-order valence-electron chi connectivity index (χ0n) is 12.8. The number of fused-ring (bicyclic) bond motifs is 2. The van der Waals surface area contributed by atoms with E-state index >= 15 is 0 Å². The standard InChI is InChI=1S/C19H14N2O2S/c1-2-11-21-14-8-4-6-10-17(14)24-19(21)20-18(22)16-12-13-7-3-5-9-15(13)23-16/h2-10,12H,1,11H2. The Bertz CT molecular complexity index is 1100. The van der Waals surface area contributed by atoms with Crippen molar-refractivity contribution in [2.24, 2.45) is 4.99 Å². The molecule has 24 heavy (non-hydrogen) atoms. The lowest BCUT2D eigenvalue weighted by Crippen LogP contribution is -2.16. The molecule has 0 aliphatic carbocycles. The lowest BCUT2D eigenvalue weighted by Gasteiger charge is -1.99.